The highest BCUT2D eigenvalue weighted by Crippen LogP contribution is 2.30. The number of nitrogens with zero attached hydrogens (tertiary/aromatic N) is 1. The Labute approximate surface area is 115 Å². The minimum Gasteiger partial charge on any atom is -0.497 e. The Morgan fingerprint density at radius 1 is 1.40 bits per heavy atom. The van der Waals surface area contributed by atoms with Gasteiger partial charge in [0, 0.05) is 5.56 Å². The Morgan fingerprint density at radius 2 is 2.15 bits per heavy atom. The number of fused-ring (bicyclic) bond motifs is 1. The van der Waals surface area contributed by atoms with Crippen molar-refractivity contribution < 1.29 is 19.1 Å². The van der Waals surface area contributed by atoms with Crippen molar-refractivity contribution in [3.05, 3.63) is 34.9 Å². The molecule has 1 N–H and O–H groups in total. The highest BCUT2D eigenvalue weighted by Gasteiger charge is 2.29. The average molecular weight is 272 g/mol. The van der Waals surface area contributed by atoms with E-state index in [1.807, 2.05) is 0 Å². The van der Waals surface area contributed by atoms with Gasteiger partial charge in [0.2, 0.25) is 0 Å². The summed E-state index contributed by atoms with van der Waals surface area (Å²) in [6.45, 7) is 1.80. The van der Waals surface area contributed by atoms with E-state index in [9.17, 15) is 9.59 Å². The van der Waals surface area contributed by atoms with Gasteiger partial charge >= 0.3 is 5.97 Å². The number of rotatable bonds is 3. The standard InChI is InChI=1S/C14H12N2O4/c1-3-20-14(18)11(7-15)12-9-5-4-8(19-2)6-10(9)13(17)16-12/h4-6H,3H2,1-2H3,(H,16,17)/b12-11-. The molecule has 1 aliphatic heterocycles. The van der Waals surface area contributed by atoms with Crippen LogP contribution in [0.2, 0.25) is 0 Å². The van der Waals surface area contributed by atoms with Crippen LogP contribution < -0.4 is 10.1 Å². The summed E-state index contributed by atoms with van der Waals surface area (Å²) in [7, 11) is 1.49. The van der Waals surface area contributed by atoms with Crippen molar-refractivity contribution in [1.29, 1.82) is 5.26 Å². The van der Waals surface area contributed by atoms with Gasteiger partial charge in [0.15, 0.2) is 5.57 Å². The number of esters is 1. The Morgan fingerprint density at radius 3 is 2.75 bits per heavy atom. The van der Waals surface area contributed by atoms with E-state index in [2.05, 4.69) is 5.32 Å². The third-order valence-corrected chi connectivity index (χ3v) is 2.82. The molecule has 1 aromatic carbocycles. The van der Waals surface area contributed by atoms with Crippen LogP contribution in [0.3, 0.4) is 0 Å². The minimum absolute atomic E-state index is 0.153. The Bertz CT molecular complexity index is 656. The second-order valence-corrected chi connectivity index (χ2v) is 3.95. The van der Waals surface area contributed by atoms with Crippen molar-refractivity contribution in [1.82, 2.24) is 5.32 Å². The quantitative estimate of drug-likeness (QED) is 0.508. The summed E-state index contributed by atoms with van der Waals surface area (Å²) >= 11 is 0. The van der Waals surface area contributed by atoms with Crippen molar-refractivity contribution in [2.45, 2.75) is 6.92 Å². The third-order valence-electron chi connectivity index (χ3n) is 2.82. The number of carbonyl (C=O) groups excluding carboxylic acids is 2. The fourth-order valence-corrected chi connectivity index (χ4v) is 1.91. The molecular formula is C14H12N2O4. The van der Waals surface area contributed by atoms with Gasteiger partial charge in [-0.25, -0.2) is 4.79 Å². The molecule has 1 aliphatic rings. The fourth-order valence-electron chi connectivity index (χ4n) is 1.91. The predicted molar refractivity (Wildman–Crippen MR) is 69.6 cm³/mol. The summed E-state index contributed by atoms with van der Waals surface area (Å²) < 4.78 is 9.85. The first kappa shape index (κ1) is 13.6. The molecule has 0 aromatic heterocycles. The minimum atomic E-state index is -0.756. The predicted octanol–water partition coefficient (Wildman–Crippen LogP) is 1.24. The van der Waals surface area contributed by atoms with Crippen LogP contribution in [-0.4, -0.2) is 25.6 Å². The van der Waals surface area contributed by atoms with Crippen molar-refractivity contribution in [3.8, 4) is 11.8 Å². The van der Waals surface area contributed by atoms with Gasteiger partial charge < -0.3 is 14.8 Å². The van der Waals surface area contributed by atoms with Crippen LogP contribution in [0.1, 0.15) is 22.8 Å². The lowest BCUT2D eigenvalue weighted by molar-refractivity contribution is -0.137. The Kier molecular flexibility index (Phi) is 3.71. The second-order valence-electron chi connectivity index (χ2n) is 3.95. The van der Waals surface area contributed by atoms with Crippen LogP contribution in [-0.2, 0) is 9.53 Å². The lowest BCUT2D eigenvalue weighted by Gasteiger charge is -2.05. The summed E-state index contributed by atoms with van der Waals surface area (Å²) in [5, 5.41) is 11.6. The molecule has 1 amide bonds. The maximum absolute atomic E-state index is 11.9. The molecule has 0 radical (unpaired) electrons. The Hall–Kier alpha value is -2.81. The number of amides is 1. The number of nitriles is 1. The van der Waals surface area contributed by atoms with E-state index in [1.165, 1.54) is 7.11 Å². The van der Waals surface area contributed by atoms with Gasteiger partial charge in [-0.3, -0.25) is 4.79 Å². The molecular weight excluding hydrogens is 260 g/mol. The maximum atomic E-state index is 11.9. The number of carbonyl (C=O) groups is 2. The molecule has 1 heterocycles. The van der Waals surface area contributed by atoms with E-state index >= 15 is 0 Å². The van der Waals surface area contributed by atoms with Gasteiger partial charge in [-0.2, -0.15) is 5.26 Å². The van der Waals surface area contributed by atoms with Crippen molar-refractivity contribution in [2.24, 2.45) is 0 Å². The van der Waals surface area contributed by atoms with Crippen LogP contribution >= 0.6 is 0 Å². The molecule has 6 nitrogen and oxygen atoms in total. The molecule has 0 fully saturated rings. The molecule has 0 spiro atoms. The molecule has 0 saturated carbocycles. The number of nitrogens with one attached hydrogen (secondary N) is 1. The van der Waals surface area contributed by atoms with Gasteiger partial charge in [0.1, 0.15) is 11.8 Å². The number of hydrogen-bond donors (Lipinski definition) is 1. The first-order valence-corrected chi connectivity index (χ1v) is 5.93. The Balaban J connectivity index is 2.55. The number of benzene rings is 1. The summed E-state index contributed by atoms with van der Waals surface area (Å²) in [6.07, 6.45) is 0. The van der Waals surface area contributed by atoms with E-state index < -0.39 is 5.97 Å². The van der Waals surface area contributed by atoms with Crippen molar-refractivity contribution in [2.75, 3.05) is 13.7 Å². The van der Waals surface area contributed by atoms with E-state index in [1.54, 1.807) is 31.2 Å². The summed E-state index contributed by atoms with van der Waals surface area (Å²) in [4.78, 5) is 23.6. The summed E-state index contributed by atoms with van der Waals surface area (Å²) in [5.74, 6) is -0.616. The molecule has 2 rings (SSSR count). The summed E-state index contributed by atoms with van der Waals surface area (Å²) in [5.41, 5.74) is 0.800. The van der Waals surface area contributed by atoms with Crippen molar-refractivity contribution >= 4 is 17.6 Å². The van der Waals surface area contributed by atoms with E-state index in [0.29, 0.717) is 16.9 Å². The van der Waals surface area contributed by atoms with Gasteiger partial charge in [0.05, 0.1) is 25.0 Å². The SMILES string of the molecule is CCOC(=O)/C(C#N)=C1\NC(=O)c2cc(OC)ccc21. The zero-order valence-corrected chi connectivity index (χ0v) is 11.0. The van der Waals surface area contributed by atoms with Gasteiger partial charge in [-0.05, 0) is 25.1 Å². The lowest BCUT2D eigenvalue weighted by Crippen LogP contribution is -2.17. The van der Waals surface area contributed by atoms with Gasteiger partial charge in [-0.1, -0.05) is 0 Å². The number of hydrogen-bond acceptors (Lipinski definition) is 5. The van der Waals surface area contributed by atoms with Crippen LogP contribution in [0.4, 0.5) is 0 Å². The van der Waals surface area contributed by atoms with Crippen LogP contribution in [0, 0.1) is 11.3 Å². The second kappa shape index (κ2) is 5.45. The normalized spacial score (nSPS) is 14.9. The maximum Gasteiger partial charge on any atom is 0.351 e. The average Bonchev–Trinajstić information content (AvgIpc) is 2.77. The summed E-state index contributed by atoms with van der Waals surface area (Å²) in [6, 6.07) is 6.61. The molecule has 102 valence electrons. The molecule has 1 aromatic rings. The van der Waals surface area contributed by atoms with E-state index in [0.717, 1.165) is 0 Å². The smallest absolute Gasteiger partial charge is 0.351 e. The van der Waals surface area contributed by atoms with Gasteiger partial charge in [-0.15, -0.1) is 0 Å². The van der Waals surface area contributed by atoms with Crippen LogP contribution in [0.5, 0.6) is 5.75 Å². The first-order valence-electron chi connectivity index (χ1n) is 5.93. The lowest BCUT2D eigenvalue weighted by atomic mass is 10.0. The molecule has 6 heteroatoms. The zero-order valence-electron chi connectivity index (χ0n) is 11.0. The van der Waals surface area contributed by atoms with E-state index in [-0.39, 0.29) is 23.8 Å². The molecule has 0 aliphatic carbocycles. The molecule has 0 unspecified atom stereocenters. The number of ether oxygens (including phenoxy) is 2. The van der Waals surface area contributed by atoms with Crippen LogP contribution in [0.25, 0.3) is 5.70 Å². The van der Waals surface area contributed by atoms with E-state index in [4.69, 9.17) is 14.7 Å². The fraction of sp³-hybridized carbons (Fsp3) is 0.214. The molecule has 0 bridgehead atoms. The van der Waals surface area contributed by atoms with Crippen molar-refractivity contribution in [3.63, 3.8) is 0 Å². The molecule has 0 saturated heterocycles. The topological polar surface area (TPSA) is 88.4 Å². The highest BCUT2D eigenvalue weighted by atomic mass is 16.5. The number of methoxy groups -OCH3 is 1. The van der Waals surface area contributed by atoms with Gasteiger partial charge in [0.25, 0.3) is 5.91 Å². The monoisotopic (exact) mass is 272 g/mol. The van der Waals surface area contributed by atoms with Crippen LogP contribution in [0.15, 0.2) is 23.8 Å². The largest absolute Gasteiger partial charge is 0.497 e. The first-order chi connectivity index (χ1) is 9.62. The zero-order chi connectivity index (χ0) is 14.7. The molecule has 0 atom stereocenters. The highest BCUT2D eigenvalue weighted by molar-refractivity contribution is 6.14. The molecule has 20 heavy (non-hydrogen) atoms. The third kappa shape index (κ3) is 2.21.